The predicted octanol–water partition coefficient (Wildman–Crippen LogP) is 3.34. The second kappa shape index (κ2) is 5.28. The summed E-state index contributed by atoms with van der Waals surface area (Å²) < 4.78 is 6.77. The third-order valence-electron chi connectivity index (χ3n) is 3.92. The molecule has 0 aliphatic heterocycles. The predicted molar refractivity (Wildman–Crippen MR) is 88.3 cm³/mol. The van der Waals surface area contributed by atoms with Gasteiger partial charge in [0, 0.05) is 23.8 Å². The average Bonchev–Trinajstić information content (AvgIpc) is 3.14. The van der Waals surface area contributed by atoms with Gasteiger partial charge in [-0.1, -0.05) is 47.1 Å². The maximum Gasteiger partial charge on any atom is 0.439 e. The van der Waals surface area contributed by atoms with Gasteiger partial charge >= 0.3 is 5.76 Å². The van der Waals surface area contributed by atoms with E-state index < -0.39 is 5.76 Å². The van der Waals surface area contributed by atoms with E-state index in [9.17, 15) is 4.79 Å². The lowest BCUT2D eigenvalue weighted by Gasteiger charge is -2.07. The van der Waals surface area contributed by atoms with Crippen molar-refractivity contribution < 1.29 is 4.52 Å². The Morgan fingerprint density at radius 1 is 1.17 bits per heavy atom. The molecule has 2 heterocycles. The molecule has 23 heavy (non-hydrogen) atoms. The van der Waals surface area contributed by atoms with Gasteiger partial charge in [-0.2, -0.15) is 0 Å². The smallest absolute Gasteiger partial charge is 0.343 e. The van der Waals surface area contributed by atoms with Crippen LogP contribution in [0.15, 0.2) is 64.0 Å². The highest BCUT2D eigenvalue weighted by Crippen LogP contribution is 2.23. The van der Waals surface area contributed by atoms with E-state index in [1.54, 1.807) is 0 Å². The van der Waals surface area contributed by atoms with Crippen LogP contribution < -0.4 is 5.76 Å². The van der Waals surface area contributed by atoms with E-state index in [2.05, 4.69) is 62.7 Å². The topological polar surface area (TPSA) is 63.8 Å². The fraction of sp³-hybridized carbons (Fsp3) is 0.111. The van der Waals surface area contributed by atoms with E-state index in [0.717, 1.165) is 23.0 Å². The molecule has 0 spiro atoms. The number of nitrogens with zero attached hydrogens (tertiary/aromatic N) is 2. The summed E-state index contributed by atoms with van der Waals surface area (Å²) in [4.78, 5) is 13.7. The molecule has 0 amide bonds. The molecular formula is C18H15N3O2. The van der Waals surface area contributed by atoms with E-state index in [-0.39, 0.29) is 0 Å². The minimum absolute atomic E-state index is 0.445. The standard InChI is InChI=1S/C18H15N3O2/c1-12-3-2-4-13(9-12)11-21-8-7-14-5-6-15(10-16(14)21)17-19-18(22)23-20-17/h2-10H,11H2,1H3,(H,19,20,22). The molecule has 0 bridgehead atoms. The molecule has 2 aromatic heterocycles. The van der Waals surface area contributed by atoms with Gasteiger partial charge in [-0.3, -0.25) is 9.51 Å². The lowest BCUT2D eigenvalue weighted by atomic mass is 10.1. The number of nitrogens with one attached hydrogen (secondary N) is 1. The summed E-state index contributed by atoms with van der Waals surface area (Å²) in [6.07, 6.45) is 2.07. The molecule has 0 aliphatic carbocycles. The van der Waals surface area contributed by atoms with Crippen molar-refractivity contribution in [3.05, 3.63) is 76.4 Å². The summed E-state index contributed by atoms with van der Waals surface area (Å²) >= 11 is 0. The van der Waals surface area contributed by atoms with Gasteiger partial charge < -0.3 is 4.57 Å². The van der Waals surface area contributed by atoms with Crippen molar-refractivity contribution in [3.8, 4) is 11.4 Å². The molecular weight excluding hydrogens is 290 g/mol. The molecule has 114 valence electrons. The highest BCUT2D eigenvalue weighted by Gasteiger charge is 2.08. The second-order valence-electron chi connectivity index (χ2n) is 5.65. The Morgan fingerprint density at radius 3 is 2.87 bits per heavy atom. The van der Waals surface area contributed by atoms with Crippen LogP contribution in [0.5, 0.6) is 0 Å². The van der Waals surface area contributed by atoms with Crippen molar-refractivity contribution in [2.75, 3.05) is 0 Å². The largest absolute Gasteiger partial charge is 0.439 e. The molecule has 0 atom stereocenters. The molecule has 0 fully saturated rings. The van der Waals surface area contributed by atoms with Gasteiger partial charge in [-0.15, -0.1) is 0 Å². The highest BCUT2D eigenvalue weighted by atomic mass is 16.5. The quantitative estimate of drug-likeness (QED) is 0.631. The number of aryl methyl sites for hydroxylation is 1. The Kier molecular flexibility index (Phi) is 3.12. The molecule has 0 radical (unpaired) electrons. The van der Waals surface area contributed by atoms with Crippen LogP contribution in [-0.4, -0.2) is 14.7 Å². The zero-order chi connectivity index (χ0) is 15.8. The number of fused-ring (bicyclic) bond motifs is 1. The van der Waals surface area contributed by atoms with Crippen LogP contribution in [0.4, 0.5) is 0 Å². The summed E-state index contributed by atoms with van der Waals surface area (Å²) in [6, 6.07) is 16.5. The Hall–Kier alpha value is -3.08. The number of hydrogen-bond donors (Lipinski definition) is 1. The number of rotatable bonds is 3. The van der Waals surface area contributed by atoms with Gasteiger partial charge in [0.25, 0.3) is 0 Å². The summed E-state index contributed by atoms with van der Waals surface area (Å²) in [5, 5.41) is 4.90. The summed E-state index contributed by atoms with van der Waals surface area (Å²) in [5.74, 6) is -0.101. The van der Waals surface area contributed by atoms with Gasteiger partial charge in [0.05, 0.1) is 0 Å². The van der Waals surface area contributed by atoms with Gasteiger partial charge in [-0.05, 0) is 30.0 Å². The number of hydrogen-bond acceptors (Lipinski definition) is 3. The minimum atomic E-state index is -0.546. The van der Waals surface area contributed by atoms with E-state index in [1.165, 1.54) is 11.1 Å². The molecule has 0 aliphatic rings. The average molecular weight is 305 g/mol. The molecule has 5 nitrogen and oxygen atoms in total. The highest BCUT2D eigenvalue weighted by molar-refractivity contribution is 5.84. The van der Waals surface area contributed by atoms with E-state index in [0.29, 0.717) is 5.82 Å². The summed E-state index contributed by atoms with van der Waals surface area (Å²) in [7, 11) is 0. The third kappa shape index (κ3) is 2.57. The fourth-order valence-electron chi connectivity index (χ4n) is 2.83. The lowest BCUT2D eigenvalue weighted by molar-refractivity contribution is 0.388. The first-order chi connectivity index (χ1) is 11.2. The number of benzene rings is 2. The van der Waals surface area contributed by atoms with Crippen molar-refractivity contribution in [2.24, 2.45) is 0 Å². The first-order valence-electron chi connectivity index (χ1n) is 7.40. The van der Waals surface area contributed by atoms with Crippen molar-refractivity contribution >= 4 is 10.9 Å². The van der Waals surface area contributed by atoms with Crippen molar-refractivity contribution in [1.29, 1.82) is 0 Å². The van der Waals surface area contributed by atoms with Gasteiger partial charge in [0.1, 0.15) is 0 Å². The van der Waals surface area contributed by atoms with Crippen LogP contribution in [0.25, 0.3) is 22.3 Å². The maximum atomic E-state index is 11.1. The van der Waals surface area contributed by atoms with Crippen LogP contribution in [-0.2, 0) is 6.54 Å². The Labute approximate surface area is 132 Å². The molecule has 0 unspecified atom stereocenters. The first-order valence-corrected chi connectivity index (χ1v) is 7.40. The van der Waals surface area contributed by atoms with Gasteiger partial charge in [0.2, 0.25) is 0 Å². The molecule has 4 aromatic rings. The molecule has 5 heteroatoms. The van der Waals surface area contributed by atoms with Gasteiger partial charge in [0.15, 0.2) is 5.82 Å². The summed E-state index contributed by atoms with van der Waals surface area (Å²) in [6.45, 7) is 2.89. The number of H-pyrrole nitrogens is 1. The molecule has 0 saturated carbocycles. The zero-order valence-electron chi connectivity index (χ0n) is 12.6. The monoisotopic (exact) mass is 305 g/mol. The van der Waals surface area contributed by atoms with Crippen LogP contribution in [0.2, 0.25) is 0 Å². The van der Waals surface area contributed by atoms with Crippen LogP contribution in [0.3, 0.4) is 0 Å². The van der Waals surface area contributed by atoms with E-state index in [1.807, 2.05) is 18.2 Å². The minimum Gasteiger partial charge on any atom is -0.343 e. The SMILES string of the molecule is Cc1cccc(Cn2ccc3ccc(-c4noc(=O)[nH]4)cc32)c1. The van der Waals surface area contributed by atoms with Crippen molar-refractivity contribution in [1.82, 2.24) is 14.7 Å². The number of aromatic nitrogens is 3. The normalized spacial score (nSPS) is 11.2. The number of aromatic amines is 1. The molecule has 2 aromatic carbocycles. The summed E-state index contributed by atoms with van der Waals surface area (Å²) in [5.41, 5.74) is 4.42. The van der Waals surface area contributed by atoms with Gasteiger partial charge in [-0.25, -0.2) is 4.79 Å². The molecule has 4 rings (SSSR count). The van der Waals surface area contributed by atoms with Crippen molar-refractivity contribution in [2.45, 2.75) is 13.5 Å². The zero-order valence-corrected chi connectivity index (χ0v) is 12.6. The third-order valence-corrected chi connectivity index (χ3v) is 3.92. The lowest BCUT2D eigenvalue weighted by Crippen LogP contribution is -1.98. The Morgan fingerprint density at radius 2 is 2.09 bits per heavy atom. The first kappa shape index (κ1) is 13.6. The maximum absolute atomic E-state index is 11.1. The van der Waals surface area contributed by atoms with Crippen molar-refractivity contribution in [3.63, 3.8) is 0 Å². The van der Waals surface area contributed by atoms with Crippen LogP contribution >= 0.6 is 0 Å². The fourth-order valence-corrected chi connectivity index (χ4v) is 2.83. The Balaban J connectivity index is 1.77. The van der Waals surface area contributed by atoms with Crippen LogP contribution in [0.1, 0.15) is 11.1 Å². The second-order valence-corrected chi connectivity index (χ2v) is 5.65. The van der Waals surface area contributed by atoms with E-state index >= 15 is 0 Å². The Bertz CT molecular complexity index is 1040. The van der Waals surface area contributed by atoms with E-state index in [4.69, 9.17) is 0 Å². The molecule has 1 N–H and O–H groups in total. The molecule has 0 saturated heterocycles. The van der Waals surface area contributed by atoms with Crippen LogP contribution in [0, 0.1) is 6.92 Å².